The van der Waals surface area contributed by atoms with Crippen molar-refractivity contribution in [2.75, 3.05) is 49.6 Å². The van der Waals surface area contributed by atoms with Crippen LogP contribution in [-0.2, 0) is 10.9 Å². The fourth-order valence-electron chi connectivity index (χ4n) is 5.69. The zero-order valence-corrected chi connectivity index (χ0v) is 24.5. The topological polar surface area (TPSA) is 110 Å². The zero-order chi connectivity index (χ0) is 32.1. The number of halogens is 5. The van der Waals surface area contributed by atoms with Crippen LogP contribution in [0.15, 0.2) is 35.5 Å². The number of ether oxygens (including phenoxy) is 1. The average molecular weight is 622 g/mol. The molecule has 3 atom stereocenters. The molecule has 2 N–H and O–H groups in total. The third-order valence-corrected chi connectivity index (χ3v) is 7.97. The lowest BCUT2D eigenvalue weighted by molar-refractivity contribution is -0.138. The van der Waals surface area contributed by atoms with Gasteiger partial charge in [-0.05, 0) is 27.8 Å². The van der Waals surface area contributed by atoms with Crippen molar-refractivity contribution in [2.24, 2.45) is 5.73 Å². The number of likely N-dealkylation sites (N-methyl/N-ethyl adjacent to an activating group) is 1. The molecule has 0 saturated carbocycles. The molecule has 0 radical (unpaired) electrons. The van der Waals surface area contributed by atoms with Gasteiger partial charge in [0.15, 0.2) is 5.82 Å². The Morgan fingerprint density at radius 1 is 1.00 bits per heavy atom. The second kappa shape index (κ2) is 11.8. The molecule has 10 nitrogen and oxygen atoms in total. The molecule has 0 unspecified atom stereocenters. The second-order valence-corrected chi connectivity index (χ2v) is 11.3. The van der Waals surface area contributed by atoms with E-state index < -0.39 is 51.7 Å². The number of morpholine rings is 1. The quantitative estimate of drug-likeness (QED) is 0.432. The van der Waals surface area contributed by atoms with Gasteiger partial charge in [0.2, 0.25) is 5.95 Å². The van der Waals surface area contributed by atoms with E-state index in [1.165, 1.54) is 12.4 Å². The van der Waals surface area contributed by atoms with Gasteiger partial charge in [-0.15, -0.1) is 0 Å². The minimum Gasteiger partial charge on any atom is -0.372 e. The van der Waals surface area contributed by atoms with Crippen LogP contribution in [0.3, 0.4) is 0 Å². The van der Waals surface area contributed by atoms with E-state index in [9.17, 15) is 22.8 Å². The predicted octanol–water partition coefficient (Wildman–Crippen LogP) is 3.44. The van der Waals surface area contributed by atoms with Crippen LogP contribution in [0.1, 0.15) is 36.7 Å². The predicted molar refractivity (Wildman–Crippen MR) is 153 cm³/mol. The zero-order valence-electron chi connectivity index (χ0n) is 24.5. The third-order valence-electron chi connectivity index (χ3n) is 7.97. The molecule has 236 valence electrons. The highest BCUT2D eigenvalue weighted by Crippen LogP contribution is 2.38. The fraction of sp³-hybridized carbons (Fsp3) is 0.448. The number of alkyl halides is 3. The van der Waals surface area contributed by atoms with Crippen molar-refractivity contribution in [3.63, 3.8) is 0 Å². The van der Waals surface area contributed by atoms with E-state index in [1.807, 2.05) is 37.6 Å². The van der Waals surface area contributed by atoms with Gasteiger partial charge >= 0.3 is 6.18 Å². The Balaban J connectivity index is 1.69. The summed E-state index contributed by atoms with van der Waals surface area (Å²) in [7, 11) is 1.88. The summed E-state index contributed by atoms with van der Waals surface area (Å²) in [6.45, 7) is 7.83. The molecule has 15 heteroatoms. The van der Waals surface area contributed by atoms with E-state index in [1.54, 1.807) is 4.90 Å². The van der Waals surface area contributed by atoms with Crippen molar-refractivity contribution in [1.29, 1.82) is 0 Å². The molecule has 1 amide bonds. The summed E-state index contributed by atoms with van der Waals surface area (Å²) in [4.78, 5) is 39.4. The van der Waals surface area contributed by atoms with Gasteiger partial charge in [-0.3, -0.25) is 14.2 Å². The van der Waals surface area contributed by atoms with Crippen molar-refractivity contribution in [3.05, 3.63) is 63.8 Å². The minimum absolute atomic E-state index is 0.0560. The number of hydrogen-bond donors (Lipinski definition) is 1. The molecule has 2 saturated heterocycles. The first-order valence-corrected chi connectivity index (χ1v) is 14.0. The highest BCUT2D eigenvalue weighted by atomic mass is 19.4. The summed E-state index contributed by atoms with van der Waals surface area (Å²) >= 11 is 0. The monoisotopic (exact) mass is 621 g/mol. The standard InChI is InChI=1S/C29H32F5N7O3/c1-15-11-39(6-5-38(15)4)22-8-21(30)24(18-9-36-28(37-10-18)40-12-16(2)44-17(3)13-40)25(31)26(22)41-14-19(27(35)43)20(7-23(41)42)29(32,33)34/h7-10,14-17H,5-6,11-13H2,1-4H3,(H2,35,43)/t15-,16-,17+/m0/s1. The van der Waals surface area contributed by atoms with E-state index in [0.717, 1.165) is 6.07 Å². The number of hydrogen-bond acceptors (Lipinski definition) is 8. The maximum absolute atomic E-state index is 16.6. The molecule has 4 heterocycles. The number of carbonyl (C=O) groups is 1. The molecule has 2 aliphatic heterocycles. The van der Waals surface area contributed by atoms with E-state index in [2.05, 4.69) is 9.97 Å². The van der Waals surface area contributed by atoms with Crippen LogP contribution in [0.25, 0.3) is 16.8 Å². The number of pyridine rings is 1. The summed E-state index contributed by atoms with van der Waals surface area (Å²) in [5.74, 6) is -3.38. The summed E-state index contributed by atoms with van der Waals surface area (Å²) in [5, 5.41) is 0. The van der Waals surface area contributed by atoms with Crippen molar-refractivity contribution in [2.45, 2.75) is 45.2 Å². The number of rotatable bonds is 5. The Bertz CT molecular complexity index is 1620. The molecular weight excluding hydrogens is 589 g/mol. The summed E-state index contributed by atoms with van der Waals surface area (Å²) in [6, 6.07) is 1.15. The van der Waals surface area contributed by atoms with Crippen molar-refractivity contribution in [3.8, 4) is 16.8 Å². The van der Waals surface area contributed by atoms with Crippen LogP contribution < -0.4 is 21.1 Å². The van der Waals surface area contributed by atoms with Crippen LogP contribution in [-0.4, -0.2) is 83.4 Å². The molecule has 0 bridgehead atoms. The van der Waals surface area contributed by atoms with Crippen molar-refractivity contribution in [1.82, 2.24) is 19.4 Å². The largest absolute Gasteiger partial charge is 0.417 e. The van der Waals surface area contributed by atoms with E-state index in [4.69, 9.17) is 10.5 Å². The number of benzene rings is 1. The van der Waals surface area contributed by atoms with Crippen molar-refractivity contribution < 1.29 is 31.5 Å². The normalized spacial score (nSPS) is 21.5. The van der Waals surface area contributed by atoms with E-state index >= 15 is 8.78 Å². The molecular formula is C29H32F5N7O3. The number of nitrogens with two attached hydrogens (primary N) is 1. The first-order chi connectivity index (χ1) is 20.6. The Hall–Kier alpha value is -4.11. The molecule has 44 heavy (non-hydrogen) atoms. The first kappa shape index (κ1) is 31.3. The number of nitrogens with zero attached hydrogens (tertiary/aromatic N) is 6. The minimum atomic E-state index is -5.08. The van der Waals surface area contributed by atoms with Gasteiger partial charge in [0.05, 0.1) is 34.6 Å². The van der Waals surface area contributed by atoms with E-state index in [-0.39, 0.29) is 35.6 Å². The lowest BCUT2D eigenvalue weighted by Crippen LogP contribution is -2.50. The smallest absolute Gasteiger partial charge is 0.372 e. The number of anilines is 2. The van der Waals surface area contributed by atoms with Gasteiger partial charge in [-0.1, -0.05) is 0 Å². The molecule has 2 aliphatic rings. The SMILES string of the molecule is C[C@@H]1CN(c2ncc(-c3c(F)cc(N4CCN(C)[C@@H](C)C4)c(-n4cc(C(N)=O)c(C(F)(F)F)cc4=O)c3F)cn2)C[C@H](C)O1. The van der Waals surface area contributed by atoms with Gasteiger partial charge in [-0.25, -0.2) is 18.7 Å². The molecule has 2 fully saturated rings. The summed E-state index contributed by atoms with van der Waals surface area (Å²) in [5.41, 5.74) is 0.108. The molecule has 0 spiro atoms. The molecule has 1 aromatic carbocycles. The number of primary amides is 1. The fourth-order valence-corrected chi connectivity index (χ4v) is 5.69. The van der Waals surface area contributed by atoms with Crippen LogP contribution in [0.4, 0.5) is 33.6 Å². The van der Waals surface area contributed by atoms with Gasteiger partial charge < -0.3 is 25.2 Å². The Morgan fingerprint density at radius 3 is 2.20 bits per heavy atom. The van der Waals surface area contributed by atoms with Crippen LogP contribution >= 0.6 is 0 Å². The Kier molecular flexibility index (Phi) is 8.37. The lowest BCUT2D eigenvalue weighted by atomic mass is 10.0. The molecule has 3 aromatic rings. The first-order valence-electron chi connectivity index (χ1n) is 14.0. The van der Waals surface area contributed by atoms with Gasteiger partial charge in [0, 0.05) is 75.1 Å². The maximum atomic E-state index is 16.6. The molecule has 2 aromatic heterocycles. The number of carbonyl (C=O) groups excluding carboxylic acids is 1. The van der Waals surface area contributed by atoms with Crippen molar-refractivity contribution >= 4 is 17.5 Å². The maximum Gasteiger partial charge on any atom is 0.417 e. The molecule has 5 rings (SSSR count). The van der Waals surface area contributed by atoms with Crippen LogP contribution in [0.5, 0.6) is 0 Å². The Labute approximate surface area is 249 Å². The highest BCUT2D eigenvalue weighted by Gasteiger charge is 2.37. The van der Waals surface area contributed by atoms with E-state index in [0.29, 0.717) is 49.4 Å². The second-order valence-electron chi connectivity index (χ2n) is 11.3. The van der Waals surface area contributed by atoms with Crippen LogP contribution in [0.2, 0.25) is 0 Å². The van der Waals surface area contributed by atoms with Gasteiger partial charge in [0.25, 0.3) is 11.5 Å². The van der Waals surface area contributed by atoms with Gasteiger partial charge in [-0.2, -0.15) is 13.2 Å². The average Bonchev–Trinajstić information content (AvgIpc) is 2.93. The molecule has 0 aliphatic carbocycles. The third kappa shape index (κ3) is 5.98. The Morgan fingerprint density at radius 2 is 1.64 bits per heavy atom. The number of aromatic nitrogens is 3. The number of amides is 1. The van der Waals surface area contributed by atoms with Crippen LogP contribution in [0, 0.1) is 11.6 Å². The summed E-state index contributed by atoms with van der Waals surface area (Å²) < 4.78 is 79.8. The lowest BCUT2D eigenvalue weighted by Gasteiger charge is -2.40. The van der Waals surface area contributed by atoms with Gasteiger partial charge in [0.1, 0.15) is 11.5 Å². The summed E-state index contributed by atoms with van der Waals surface area (Å²) in [6.07, 6.45) is -2.23. The number of piperazine rings is 1. The highest BCUT2D eigenvalue weighted by molar-refractivity contribution is 5.94.